The van der Waals surface area contributed by atoms with E-state index in [4.69, 9.17) is 19.1 Å². The largest absolute Gasteiger partial charge is 0.446 e. The van der Waals surface area contributed by atoms with Gasteiger partial charge < -0.3 is 20.1 Å². The van der Waals surface area contributed by atoms with Gasteiger partial charge in [-0.3, -0.25) is 19.3 Å². The van der Waals surface area contributed by atoms with Crippen LogP contribution in [0.2, 0.25) is 0 Å². The summed E-state index contributed by atoms with van der Waals surface area (Å²) in [7, 11) is 5.67. The summed E-state index contributed by atoms with van der Waals surface area (Å²) in [6.07, 6.45) is -1.45. The molecule has 0 bridgehead atoms. The van der Waals surface area contributed by atoms with Gasteiger partial charge in [-0.15, -0.1) is 0 Å². The molecule has 0 saturated carbocycles. The third-order valence-electron chi connectivity index (χ3n) is 3.95. The fraction of sp³-hybridized carbons (Fsp3) is 0.789. The van der Waals surface area contributed by atoms with Gasteiger partial charge >= 0.3 is 12.2 Å². The quantitative estimate of drug-likeness (QED) is 0.336. The van der Waals surface area contributed by atoms with Crippen LogP contribution in [0.5, 0.6) is 0 Å². The molecule has 0 aromatic rings. The summed E-state index contributed by atoms with van der Waals surface area (Å²) in [5.41, 5.74) is -0.619. The second-order valence-corrected chi connectivity index (χ2v) is 7.61. The van der Waals surface area contributed by atoms with Crippen molar-refractivity contribution in [2.24, 2.45) is 0 Å². The zero-order valence-corrected chi connectivity index (χ0v) is 19.5. The maximum atomic E-state index is 12.1. The second kappa shape index (κ2) is 14.4. The summed E-state index contributed by atoms with van der Waals surface area (Å²) in [5.74, 6) is -0.586. The standard InChI is InChI=1S/C19H36N4O8/c1-19(2,3)31-18(27)21-13-12-20-17(26)30-14(8-10-15(24)22(4)28-6)9-11-16(25)23(5)29-7/h14H,8-13H2,1-7H3,(H,20,26)(H,21,27). The van der Waals surface area contributed by atoms with Crippen molar-refractivity contribution in [1.29, 1.82) is 0 Å². The number of hydrogen-bond acceptors (Lipinski definition) is 8. The van der Waals surface area contributed by atoms with E-state index in [1.807, 2.05) is 0 Å². The number of ether oxygens (including phenoxy) is 2. The summed E-state index contributed by atoms with van der Waals surface area (Å²) in [6, 6.07) is 0. The fourth-order valence-electron chi connectivity index (χ4n) is 2.19. The van der Waals surface area contributed by atoms with Crippen LogP contribution in [0.3, 0.4) is 0 Å². The molecule has 0 aliphatic rings. The number of carbonyl (C=O) groups excluding carboxylic acids is 4. The van der Waals surface area contributed by atoms with Gasteiger partial charge in [0.05, 0.1) is 14.2 Å². The molecular weight excluding hydrogens is 412 g/mol. The van der Waals surface area contributed by atoms with Crippen LogP contribution in [-0.4, -0.2) is 87.2 Å². The van der Waals surface area contributed by atoms with Crippen LogP contribution in [0, 0.1) is 0 Å². The number of amides is 4. The van der Waals surface area contributed by atoms with Gasteiger partial charge in [0.25, 0.3) is 0 Å². The third kappa shape index (κ3) is 14.1. The number of nitrogens with one attached hydrogen (secondary N) is 2. The van der Waals surface area contributed by atoms with E-state index in [9.17, 15) is 19.2 Å². The molecule has 0 atom stereocenters. The fourth-order valence-corrected chi connectivity index (χ4v) is 2.19. The molecule has 4 amide bonds. The van der Waals surface area contributed by atoms with E-state index in [1.165, 1.54) is 28.3 Å². The Bertz CT molecular complexity index is 568. The highest BCUT2D eigenvalue weighted by atomic mass is 16.7. The van der Waals surface area contributed by atoms with E-state index < -0.39 is 23.9 Å². The number of alkyl carbamates (subject to hydrolysis) is 2. The molecule has 0 aromatic carbocycles. The average molecular weight is 449 g/mol. The van der Waals surface area contributed by atoms with Crippen molar-refractivity contribution in [3.8, 4) is 0 Å². The lowest BCUT2D eigenvalue weighted by Crippen LogP contribution is -2.39. The van der Waals surface area contributed by atoms with Crippen LogP contribution in [0.1, 0.15) is 46.5 Å². The van der Waals surface area contributed by atoms with Gasteiger partial charge in [0.2, 0.25) is 11.8 Å². The second-order valence-electron chi connectivity index (χ2n) is 7.61. The Balaban J connectivity index is 4.57. The van der Waals surface area contributed by atoms with Crippen molar-refractivity contribution in [1.82, 2.24) is 20.8 Å². The normalized spacial score (nSPS) is 11.0. The first kappa shape index (κ1) is 28.4. The molecule has 0 saturated heterocycles. The molecule has 180 valence electrons. The van der Waals surface area contributed by atoms with Gasteiger partial charge in [0.1, 0.15) is 11.7 Å². The first-order valence-corrected chi connectivity index (χ1v) is 9.92. The van der Waals surface area contributed by atoms with Crippen molar-refractivity contribution in [3.63, 3.8) is 0 Å². The summed E-state index contributed by atoms with van der Waals surface area (Å²) in [6.45, 7) is 5.48. The molecule has 0 aliphatic carbocycles. The van der Waals surface area contributed by atoms with Gasteiger partial charge in [-0.05, 0) is 33.6 Å². The van der Waals surface area contributed by atoms with E-state index >= 15 is 0 Å². The Labute approximate surface area is 183 Å². The third-order valence-corrected chi connectivity index (χ3v) is 3.95. The monoisotopic (exact) mass is 448 g/mol. The van der Waals surface area contributed by atoms with Crippen LogP contribution in [0.15, 0.2) is 0 Å². The molecule has 0 aliphatic heterocycles. The average Bonchev–Trinajstić information content (AvgIpc) is 2.69. The number of carbonyl (C=O) groups is 4. The molecule has 12 heteroatoms. The predicted octanol–water partition coefficient (Wildman–Crippen LogP) is 1.21. The lowest BCUT2D eigenvalue weighted by atomic mass is 10.1. The summed E-state index contributed by atoms with van der Waals surface area (Å²) in [4.78, 5) is 57.2. The minimum atomic E-state index is -0.726. The zero-order valence-electron chi connectivity index (χ0n) is 19.5. The molecular formula is C19H36N4O8. The highest BCUT2D eigenvalue weighted by molar-refractivity contribution is 5.75. The SMILES string of the molecule is CON(C)C(=O)CCC(CCC(=O)N(C)OC)OC(=O)NCCNC(=O)OC(C)(C)C. The van der Waals surface area contributed by atoms with Crippen molar-refractivity contribution in [2.75, 3.05) is 41.4 Å². The van der Waals surface area contributed by atoms with Crippen LogP contribution in [-0.2, 0) is 28.7 Å². The molecule has 12 nitrogen and oxygen atoms in total. The van der Waals surface area contributed by atoms with Crippen LogP contribution >= 0.6 is 0 Å². The Morgan fingerprint density at radius 2 is 1.23 bits per heavy atom. The predicted molar refractivity (Wildman–Crippen MR) is 111 cm³/mol. The Morgan fingerprint density at radius 1 is 0.806 bits per heavy atom. The highest BCUT2D eigenvalue weighted by Crippen LogP contribution is 2.13. The van der Waals surface area contributed by atoms with Crippen molar-refractivity contribution in [3.05, 3.63) is 0 Å². The molecule has 0 spiro atoms. The van der Waals surface area contributed by atoms with E-state index in [0.717, 1.165) is 10.1 Å². The molecule has 0 heterocycles. The van der Waals surface area contributed by atoms with Crippen LogP contribution in [0.4, 0.5) is 9.59 Å². The van der Waals surface area contributed by atoms with Crippen LogP contribution in [0.25, 0.3) is 0 Å². The van der Waals surface area contributed by atoms with Crippen molar-refractivity contribution in [2.45, 2.75) is 58.2 Å². The maximum absolute atomic E-state index is 12.1. The number of nitrogens with zero attached hydrogens (tertiary/aromatic N) is 2. The first-order chi connectivity index (χ1) is 14.4. The minimum Gasteiger partial charge on any atom is -0.446 e. The van der Waals surface area contributed by atoms with E-state index in [2.05, 4.69) is 10.6 Å². The molecule has 0 rings (SSSR count). The van der Waals surface area contributed by atoms with E-state index in [-0.39, 0.29) is 50.6 Å². The smallest absolute Gasteiger partial charge is 0.407 e. The van der Waals surface area contributed by atoms with Crippen molar-refractivity contribution < 1.29 is 38.3 Å². The van der Waals surface area contributed by atoms with E-state index in [1.54, 1.807) is 20.8 Å². The van der Waals surface area contributed by atoms with E-state index in [0.29, 0.717) is 0 Å². The minimum absolute atomic E-state index is 0.0663. The topological polar surface area (TPSA) is 136 Å². The van der Waals surface area contributed by atoms with Gasteiger partial charge in [0, 0.05) is 40.0 Å². The summed E-state index contributed by atoms with van der Waals surface area (Å²) >= 11 is 0. The van der Waals surface area contributed by atoms with Gasteiger partial charge in [-0.1, -0.05) is 0 Å². The van der Waals surface area contributed by atoms with Gasteiger partial charge in [-0.2, -0.15) is 0 Å². The zero-order chi connectivity index (χ0) is 24.0. The van der Waals surface area contributed by atoms with Gasteiger partial charge in [0.15, 0.2) is 0 Å². The Morgan fingerprint density at radius 3 is 1.61 bits per heavy atom. The lowest BCUT2D eigenvalue weighted by molar-refractivity contribution is -0.169. The number of rotatable bonds is 12. The van der Waals surface area contributed by atoms with Crippen molar-refractivity contribution >= 4 is 24.0 Å². The lowest BCUT2D eigenvalue weighted by Gasteiger charge is -2.21. The van der Waals surface area contributed by atoms with Crippen LogP contribution < -0.4 is 10.6 Å². The Hall–Kier alpha value is -2.60. The summed E-state index contributed by atoms with van der Waals surface area (Å²) < 4.78 is 10.4. The highest BCUT2D eigenvalue weighted by Gasteiger charge is 2.20. The number of hydroxylamine groups is 4. The molecule has 0 unspecified atom stereocenters. The molecule has 0 fully saturated rings. The maximum Gasteiger partial charge on any atom is 0.407 e. The van der Waals surface area contributed by atoms with Gasteiger partial charge in [-0.25, -0.2) is 19.7 Å². The molecule has 31 heavy (non-hydrogen) atoms. The Kier molecular flexibility index (Phi) is 13.2. The molecule has 0 radical (unpaired) electrons. The molecule has 2 N–H and O–H groups in total. The number of hydrogen-bond donors (Lipinski definition) is 2. The first-order valence-electron chi connectivity index (χ1n) is 9.92. The molecule has 0 aromatic heterocycles. The summed E-state index contributed by atoms with van der Waals surface area (Å²) in [5, 5.41) is 7.15.